The quantitative estimate of drug-likeness (QED) is 0.195. The molecule has 0 saturated heterocycles. The Kier molecular flexibility index (Phi) is 11.4. The lowest BCUT2D eigenvalue weighted by atomic mass is 9.77. The summed E-state index contributed by atoms with van der Waals surface area (Å²) in [6.07, 6.45) is -1.22. The molecule has 2 rings (SSSR count). The number of esters is 3. The second kappa shape index (κ2) is 14.0. The van der Waals surface area contributed by atoms with Gasteiger partial charge in [0, 0.05) is 26.2 Å². The van der Waals surface area contributed by atoms with Crippen LogP contribution >= 0.6 is 11.6 Å². The van der Waals surface area contributed by atoms with E-state index in [1.807, 2.05) is 38.1 Å². The zero-order chi connectivity index (χ0) is 28.5. The Hall–Kier alpha value is -3.26. The van der Waals surface area contributed by atoms with Crippen LogP contribution in [0.4, 0.5) is 0 Å². The summed E-state index contributed by atoms with van der Waals surface area (Å²) in [7, 11) is 0. The summed E-state index contributed by atoms with van der Waals surface area (Å²) in [5, 5.41) is 0. The number of rotatable bonds is 13. The SMILES string of the molecule is CC(=O)OC[C@H](COc1ccc(C(C)(C)c2ccc(OC[C@@H](CCl)OC(C)=O)c(C)c2)cc1C)OC(C)=O. The second-order valence-electron chi connectivity index (χ2n) is 9.63. The molecule has 0 aliphatic rings. The maximum absolute atomic E-state index is 11.4. The van der Waals surface area contributed by atoms with Crippen molar-refractivity contribution in [3.05, 3.63) is 58.7 Å². The molecule has 2 aromatic carbocycles. The summed E-state index contributed by atoms with van der Waals surface area (Å²) in [6, 6.07) is 12.0. The summed E-state index contributed by atoms with van der Waals surface area (Å²) in [5.41, 5.74) is 3.73. The van der Waals surface area contributed by atoms with Crippen LogP contribution in [0.15, 0.2) is 36.4 Å². The monoisotopic (exact) mass is 548 g/mol. The third-order valence-electron chi connectivity index (χ3n) is 5.95. The van der Waals surface area contributed by atoms with Gasteiger partial charge in [0.1, 0.15) is 37.4 Å². The molecule has 2 aromatic rings. The molecular weight excluding hydrogens is 512 g/mol. The molecule has 8 nitrogen and oxygen atoms in total. The van der Waals surface area contributed by atoms with Gasteiger partial charge in [-0.25, -0.2) is 0 Å². The van der Waals surface area contributed by atoms with Gasteiger partial charge in [-0.3, -0.25) is 14.4 Å². The lowest BCUT2D eigenvalue weighted by Crippen LogP contribution is -2.30. The Morgan fingerprint density at radius 3 is 1.58 bits per heavy atom. The standard InChI is InChI=1S/C29H37ClO8/c1-18-12-23(8-10-27(18)35-15-25(14-30)37-21(4)32)29(6,7)24-9-11-28(19(2)13-24)36-17-26(38-22(5)33)16-34-20(3)31/h8-13,25-26H,14-17H2,1-7H3/t25-,26-/m1/s1. The lowest BCUT2D eigenvalue weighted by Gasteiger charge is -2.28. The van der Waals surface area contributed by atoms with Crippen LogP contribution < -0.4 is 9.47 Å². The first kappa shape index (κ1) is 31.0. The number of benzene rings is 2. The molecule has 0 heterocycles. The minimum absolute atomic E-state index is 0.0547. The fourth-order valence-corrected chi connectivity index (χ4v) is 3.99. The molecule has 0 bridgehead atoms. The van der Waals surface area contributed by atoms with Crippen molar-refractivity contribution in [2.75, 3.05) is 25.7 Å². The highest BCUT2D eigenvalue weighted by Crippen LogP contribution is 2.36. The molecule has 38 heavy (non-hydrogen) atoms. The molecule has 2 atom stereocenters. The normalized spacial score (nSPS) is 12.7. The van der Waals surface area contributed by atoms with Crippen LogP contribution in [0.5, 0.6) is 11.5 Å². The molecule has 0 fully saturated rings. The smallest absolute Gasteiger partial charge is 0.303 e. The Labute approximate surface area is 229 Å². The first-order chi connectivity index (χ1) is 17.8. The molecule has 0 spiro atoms. The van der Waals surface area contributed by atoms with E-state index in [-0.39, 0.29) is 31.1 Å². The highest BCUT2D eigenvalue weighted by molar-refractivity contribution is 6.18. The van der Waals surface area contributed by atoms with Gasteiger partial charge in [-0.15, -0.1) is 11.6 Å². The number of alkyl halides is 1. The van der Waals surface area contributed by atoms with Crippen molar-refractivity contribution in [1.29, 1.82) is 0 Å². The zero-order valence-electron chi connectivity index (χ0n) is 23.1. The second-order valence-corrected chi connectivity index (χ2v) is 9.94. The molecule has 0 saturated carbocycles. The summed E-state index contributed by atoms with van der Waals surface area (Å²) >= 11 is 5.87. The van der Waals surface area contributed by atoms with E-state index < -0.39 is 30.1 Å². The van der Waals surface area contributed by atoms with Gasteiger partial charge in [0.25, 0.3) is 0 Å². The summed E-state index contributed by atoms with van der Waals surface area (Å²) in [5.74, 6) is 0.162. The van der Waals surface area contributed by atoms with E-state index in [1.54, 1.807) is 0 Å². The summed E-state index contributed by atoms with van der Waals surface area (Å²) < 4.78 is 27.1. The van der Waals surface area contributed by atoms with Crippen molar-refractivity contribution in [3.8, 4) is 11.5 Å². The van der Waals surface area contributed by atoms with Gasteiger partial charge in [0.15, 0.2) is 6.10 Å². The lowest BCUT2D eigenvalue weighted by molar-refractivity contribution is -0.158. The summed E-state index contributed by atoms with van der Waals surface area (Å²) in [4.78, 5) is 33.7. The number of hydrogen-bond donors (Lipinski definition) is 0. The zero-order valence-corrected chi connectivity index (χ0v) is 23.8. The fourth-order valence-electron chi connectivity index (χ4n) is 3.84. The van der Waals surface area contributed by atoms with Gasteiger partial charge in [0.2, 0.25) is 0 Å². The van der Waals surface area contributed by atoms with Crippen LogP contribution in [0, 0.1) is 13.8 Å². The van der Waals surface area contributed by atoms with Gasteiger partial charge in [-0.05, 0) is 48.2 Å². The first-order valence-corrected chi connectivity index (χ1v) is 12.9. The number of carbonyl (C=O) groups excluding carboxylic acids is 3. The molecule has 0 unspecified atom stereocenters. The topological polar surface area (TPSA) is 97.4 Å². The van der Waals surface area contributed by atoms with Crippen LogP contribution in [-0.2, 0) is 34.0 Å². The van der Waals surface area contributed by atoms with Crippen molar-refractivity contribution in [2.45, 2.75) is 66.1 Å². The van der Waals surface area contributed by atoms with Gasteiger partial charge >= 0.3 is 17.9 Å². The molecule has 0 amide bonds. The maximum Gasteiger partial charge on any atom is 0.303 e. The highest BCUT2D eigenvalue weighted by Gasteiger charge is 2.25. The number of aryl methyl sites for hydroxylation is 2. The fraction of sp³-hybridized carbons (Fsp3) is 0.483. The first-order valence-electron chi connectivity index (χ1n) is 12.3. The Bertz CT molecular complexity index is 1130. The number of carbonyl (C=O) groups is 3. The average Bonchev–Trinajstić information content (AvgIpc) is 2.83. The van der Waals surface area contributed by atoms with Crippen LogP contribution in [0.25, 0.3) is 0 Å². The van der Waals surface area contributed by atoms with Crippen molar-refractivity contribution in [1.82, 2.24) is 0 Å². The minimum Gasteiger partial charge on any atom is -0.489 e. The van der Waals surface area contributed by atoms with Gasteiger partial charge in [-0.1, -0.05) is 38.1 Å². The third kappa shape index (κ3) is 9.24. The number of hydrogen-bond acceptors (Lipinski definition) is 8. The Morgan fingerprint density at radius 1 is 0.737 bits per heavy atom. The predicted octanol–water partition coefficient (Wildman–Crippen LogP) is 5.05. The molecule has 0 N–H and O–H groups in total. The van der Waals surface area contributed by atoms with E-state index in [1.165, 1.54) is 20.8 Å². The van der Waals surface area contributed by atoms with Crippen LogP contribution in [0.2, 0.25) is 0 Å². The summed E-state index contributed by atoms with van der Waals surface area (Å²) in [6.45, 7) is 12.3. The number of halogens is 1. The van der Waals surface area contributed by atoms with Crippen molar-refractivity contribution in [2.24, 2.45) is 0 Å². The van der Waals surface area contributed by atoms with Gasteiger partial charge in [0.05, 0.1) is 5.88 Å². The Balaban J connectivity index is 2.13. The van der Waals surface area contributed by atoms with E-state index in [2.05, 4.69) is 26.0 Å². The van der Waals surface area contributed by atoms with E-state index in [0.717, 1.165) is 22.3 Å². The van der Waals surface area contributed by atoms with Crippen molar-refractivity contribution >= 4 is 29.5 Å². The third-order valence-corrected chi connectivity index (χ3v) is 6.30. The van der Waals surface area contributed by atoms with Crippen LogP contribution in [0.3, 0.4) is 0 Å². The molecule has 9 heteroatoms. The average molecular weight is 549 g/mol. The predicted molar refractivity (Wildman–Crippen MR) is 144 cm³/mol. The maximum atomic E-state index is 11.4. The van der Waals surface area contributed by atoms with E-state index >= 15 is 0 Å². The van der Waals surface area contributed by atoms with Crippen LogP contribution in [-0.4, -0.2) is 55.8 Å². The van der Waals surface area contributed by atoms with E-state index in [9.17, 15) is 14.4 Å². The molecular formula is C29H37ClO8. The van der Waals surface area contributed by atoms with Crippen LogP contribution in [0.1, 0.15) is 56.9 Å². The van der Waals surface area contributed by atoms with E-state index in [4.69, 9.17) is 35.3 Å². The Morgan fingerprint density at radius 2 is 1.18 bits per heavy atom. The molecule has 0 radical (unpaired) electrons. The van der Waals surface area contributed by atoms with E-state index in [0.29, 0.717) is 11.5 Å². The van der Waals surface area contributed by atoms with Gasteiger partial charge < -0.3 is 23.7 Å². The van der Waals surface area contributed by atoms with Gasteiger partial charge in [-0.2, -0.15) is 0 Å². The van der Waals surface area contributed by atoms with Crippen molar-refractivity contribution < 1.29 is 38.1 Å². The molecule has 0 aliphatic carbocycles. The largest absolute Gasteiger partial charge is 0.489 e. The molecule has 208 valence electrons. The minimum atomic E-state index is -0.704. The van der Waals surface area contributed by atoms with Crippen molar-refractivity contribution in [3.63, 3.8) is 0 Å². The number of ether oxygens (including phenoxy) is 5. The highest BCUT2D eigenvalue weighted by atomic mass is 35.5. The molecule has 0 aliphatic heterocycles. The molecule has 0 aromatic heterocycles.